The highest BCUT2D eigenvalue weighted by Gasteiger charge is 2.26. The summed E-state index contributed by atoms with van der Waals surface area (Å²) >= 11 is 0. The molecule has 31 heavy (non-hydrogen) atoms. The summed E-state index contributed by atoms with van der Waals surface area (Å²) in [5.41, 5.74) is 2.94. The zero-order valence-electron chi connectivity index (χ0n) is 17.6. The Morgan fingerprint density at radius 2 is 1.74 bits per heavy atom. The fraction of sp³-hybridized carbons (Fsp3) is 0.364. The predicted molar refractivity (Wildman–Crippen MR) is 114 cm³/mol. The van der Waals surface area contributed by atoms with Gasteiger partial charge in [-0.05, 0) is 43.7 Å². The molecule has 1 heterocycles. The number of hydrogen-bond donors (Lipinski definition) is 1. The molecule has 1 aliphatic heterocycles. The van der Waals surface area contributed by atoms with Crippen LogP contribution in [0.4, 0.5) is 0 Å². The molecule has 8 nitrogen and oxygen atoms in total. The van der Waals surface area contributed by atoms with Gasteiger partial charge in [-0.25, -0.2) is 8.42 Å². The van der Waals surface area contributed by atoms with E-state index in [1.807, 2.05) is 19.9 Å². The van der Waals surface area contributed by atoms with Gasteiger partial charge in [0.05, 0.1) is 18.1 Å². The minimum atomic E-state index is -3.63. The second-order valence-electron chi connectivity index (χ2n) is 7.38. The van der Waals surface area contributed by atoms with Crippen LogP contribution in [-0.4, -0.2) is 57.4 Å². The van der Waals surface area contributed by atoms with Gasteiger partial charge in [0.1, 0.15) is 13.2 Å². The molecule has 166 valence electrons. The molecule has 2 aromatic carbocycles. The van der Waals surface area contributed by atoms with Crippen molar-refractivity contribution < 1.29 is 27.5 Å². The normalized spacial score (nSPS) is 14.8. The summed E-state index contributed by atoms with van der Waals surface area (Å²) < 4.78 is 37.3. The third-order valence-corrected chi connectivity index (χ3v) is 6.68. The summed E-state index contributed by atoms with van der Waals surface area (Å²) in [5.74, 6) is -0.971. The lowest BCUT2D eigenvalue weighted by Gasteiger charge is -2.26. The Balaban J connectivity index is 1.54. The van der Waals surface area contributed by atoms with Gasteiger partial charge in [-0.3, -0.25) is 9.59 Å². The zero-order chi connectivity index (χ0) is 22.4. The maximum Gasteiger partial charge on any atom is 0.325 e. The van der Waals surface area contributed by atoms with Crippen molar-refractivity contribution >= 4 is 21.9 Å². The van der Waals surface area contributed by atoms with Crippen molar-refractivity contribution in [1.29, 1.82) is 0 Å². The van der Waals surface area contributed by atoms with E-state index in [0.29, 0.717) is 37.4 Å². The molecule has 1 aliphatic rings. The van der Waals surface area contributed by atoms with E-state index in [1.165, 1.54) is 16.4 Å². The lowest BCUT2D eigenvalue weighted by Crippen LogP contribution is -2.40. The number of hydrogen-bond acceptors (Lipinski definition) is 6. The first-order valence-electron chi connectivity index (χ1n) is 9.94. The lowest BCUT2D eigenvalue weighted by atomic mass is 10.1. The molecule has 1 saturated heterocycles. The van der Waals surface area contributed by atoms with E-state index in [-0.39, 0.29) is 24.0 Å². The Kier molecular flexibility index (Phi) is 7.42. The van der Waals surface area contributed by atoms with Crippen molar-refractivity contribution in [1.82, 2.24) is 9.62 Å². The van der Waals surface area contributed by atoms with Crippen LogP contribution < -0.4 is 5.32 Å². The highest BCUT2D eigenvalue weighted by molar-refractivity contribution is 7.89. The number of aryl methyl sites for hydroxylation is 2. The summed E-state index contributed by atoms with van der Waals surface area (Å²) in [6.45, 7) is 4.76. The molecule has 1 amide bonds. The number of benzene rings is 2. The van der Waals surface area contributed by atoms with Crippen molar-refractivity contribution in [2.24, 2.45) is 0 Å². The molecule has 0 aromatic heterocycles. The molecule has 9 heteroatoms. The number of sulfonamides is 1. The van der Waals surface area contributed by atoms with Gasteiger partial charge < -0.3 is 14.8 Å². The van der Waals surface area contributed by atoms with E-state index in [9.17, 15) is 18.0 Å². The number of ether oxygens (including phenoxy) is 2. The molecule has 0 atom stereocenters. The molecule has 1 fully saturated rings. The molecule has 0 bridgehead atoms. The van der Waals surface area contributed by atoms with E-state index in [4.69, 9.17) is 9.47 Å². The monoisotopic (exact) mass is 446 g/mol. The van der Waals surface area contributed by atoms with Crippen LogP contribution in [0.2, 0.25) is 0 Å². The lowest BCUT2D eigenvalue weighted by molar-refractivity contribution is -0.143. The highest BCUT2D eigenvalue weighted by atomic mass is 32.2. The number of rotatable bonds is 7. The minimum absolute atomic E-state index is 0.0925. The second kappa shape index (κ2) is 10.0. The van der Waals surface area contributed by atoms with Crippen molar-refractivity contribution in [2.45, 2.75) is 25.3 Å². The molecule has 0 aliphatic carbocycles. The number of nitrogens with one attached hydrogen (secondary N) is 1. The van der Waals surface area contributed by atoms with E-state index in [1.54, 1.807) is 24.3 Å². The Morgan fingerprint density at radius 3 is 2.42 bits per heavy atom. The fourth-order valence-electron chi connectivity index (χ4n) is 3.31. The van der Waals surface area contributed by atoms with Crippen molar-refractivity contribution in [3.63, 3.8) is 0 Å². The zero-order valence-corrected chi connectivity index (χ0v) is 18.4. The summed E-state index contributed by atoms with van der Waals surface area (Å²) in [6, 6.07) is 11.7. The van der Waals surface area contributed by atoms with E-state index < -0.39 is 16.0 Å². The Bertz CT molecular complexity index is 1040. The highest BCUT2D eigenvalue weighted by Crippen LogP contribution is 2.18. The van der Waals surface area contributed by atoms with E-state index >= 15 is 0 Å². The summed E-state index contributed by atoms with van der Waals surface area (Å²) in [6.07, 6.45) is 0. The molecule has 0 radical (unpaired) electrons. The van der Waals surface area contributed by atoms with Gasteiger partial charge in [0.2, 0.25) is 10.0 Å². The third-order valence-electron chi connectivity index (χ3n) is 4.78. The first kappa shape index (κ1) is 22.9. The van der Waals surface area contributed by atoms with Crippen LogP contribution in [0.3, 0.4) is 0 Å². The fourth-order valence-corrected chi connectivity index (χ4v) is 4.79. The summed E-state index contributed by atoms with van der Waals surface area (Å²) in [4.78, 5) is 24.4. The van der Waals surface area contributed by atoms with Gasteiger partial charge in [-0.1, -0.05) is 29.3 Å². The van der Waals surface area contributed by atoms with Crippen molar-refractivity contribution in [3.8, 4) is 0 Å². The van der Waals surface area contributed by atoms with Crippen LogP contribution in [-0.2, 0) is 30.9 Å². The van der Waals surface area contributed by atoms with E-state index in [0.717, 1.165) is 11.1 Å². The van der Waals surface area contributed by atoms with Gasteiger partial charge in [-0.15, -0.1) is 0 Å². The smallest absolute Gasteiger partial charge is 0.325 e. The van der Waals surface area contributed by atoms with Crippen molar-refractivity contribution in [3.05, 3.63) is 64.7 Å². The van der Waals surface area contributed by atoms with Gasteiger partial charge in [-0.2, -0.15) is 4.31 Å². The predicted octanol–water partition coefficient (Wildman–Crippen LogP) is 1.80. The SMILES string of the molecule is Cc1cc(C)cc(C(=O)NCC(=O)OCc2cccc(S(=O)(=O)N3CCOCC3)c2)c1. The van der Waals surface area contributed by atoms with Crippen LogP contribution in [0.5, 0.6) is 0 Å². The first-order chi connectivity index (χ1) is 14.8. The summed E-state index contributed by atoms with van der Waals surface area (Å²) in [5, 5.41) is 2.54. The van der Waals surface area contributed by atoms with Crippen molar-refractivity contribution in [2.75, 3.05) is 32.8 Å². The molecule has 0 saturated carbocycles. The maximum absolute atomic E-state index is 12.8. The average Bonchev–Trinajstić information content (AvgIpc) is 2.76. The molecule has 0 unspecified atom stereocenters. The number of esters is 1. The second-order valence-corrected chi connectivity index (χ2v) is 9.32. The maximum atomic E-state index is 12.8. The van der Waals surface area contributed by atoms with E-state index in [2.05, 4.69) is 5.32 Å². The molecule has 1 N–H and O–H groups in total. The van der Waals surface area contributed by atoms with Gasteiger partial charge in [0, 0.05) is 18.7 Å². The number of carbonyl (C=O) groups excluding carboxylic acids is 2. The van der Waals surface area contributed by atoms with Gasteiger partial charge in [0.25, 0.3) is 5.91 Å². The molecular formula is C22H26N2O6S. The number of nitrogens with zero attached hydrogens (tertiary/aromatic N) is 1. The Labute approximate surface area is 182 Å². The van der Waals surface area contributed by atoms with Crippen LogP contribution in [0.1, 0.15) is 27.0 Å². The number of carbonyl (C=O) groups is 2. The topological polar surface area (TPSA) is 102 Å². The van der Waals surface area contributed by atoms with Gasteiger partial charge in [0.15, 0.2) is 0 Å². The average molecular weight is 447 g/mol. The number of morpholine rings is 1. The van der Waals surface area contributed by atoms with Crippen LogP contribution in [0.25, 0.3) is 0 Å². The van der Waals surface area contributed by atoms with Gasteiger partial charge >= 0.3 is 5.97 Å². The quantitative estimate of drug-likeness (QED) is 0.651. The molecular weight excluding hydrogens is 420 g/mol. The summed E-state index contributed by atoms with van der Waals surface area (Å²) in [7, 11) is -3.63. The van der Waals surface area contributed by atoms with Crippen LogP contribution >= 0.6 is 0 Å². The third kappa shape index (κ3) is 6.13. The largest absolute Gasteiger partial charge is 0.460 e. The first-order valence-corrected chi connectivity index (χ1v) is 11.4. The van der Waals surface area contributed by atoms with Crippen LogP contribution in [0, 0.1) is 13.8 Å². The Hall–Kier alpha value is -2.75. The van der Waals surface area contributed by atoms with Crippen LogP contribution in [0.15, 0.2) is 47.4 Å². The number of amides is 1. The standard InChI is InChI=1S/C22H26N2O6S/c1-16-10-17(2)12-19(11-16)22(26)23-14-21(25)30-15-18-4-3-5-20(13-18)31(27,28)24-6-8-29-9-7-24/h3-5,10-13H,6-9,14-15H2,1-2H3,(H,23,26). The molecule has 0 spiro atoms. The minimum Gasteiger partial charge on any atom is -0.460 e. The molecule has 3 rings (SSSR count). The Morgan fingerprint density at radius 1 is 1.06 bits per heavy atom. The molecule has 2 aromatic rings.